The van der Waals surface area contributed by atoms with Gasteiger partial charge in [0, 0.05) is 4.88 Å². The summed E-state index contributed by atoms with van der Waals surface area (Å²) in [4.78, 5) is 5.57. The highest BCUT2D eigenvalue weighted by Crippen LogP contribution is 2.37. The van der Waals surface area contributed by atoms with Gasteiger partial charge in [0.1, 0.15) is 10.8 Å². The number of nitrogens with zero attached hydrogens (tertiary/aromatic N) is 1. The average Bonchev–Trinajstić information content (AvgIpc) is 2.78. The third kappa shape index (κ3) is 4.22. The van der Waals surface area contributed by atoms with Crippen LogP contribution in [-0.2, 0) is 6.42 Å². The van der Waals surface area contributed by atoms with Gasteiger partial charge in [0.2, 0.25) is 0 Å². The smallest absolute Gasteiger partial charge is 0.405 e. The summed E-state index contributed by atoms with van der Waals surface area (Å²) in [5.41, 5.74) is 1.33. The summed E-state index contributed by atoms with van der Waals surface area (Å²) in [6, 6.07) is 6.12. The number of alkyl halides is 3. The van der Waals surface area contributed by atoms with Crippen molar-refractivity contribution in [1.29, 1.82) is 0 Å². The quantitative estimate of drug-likeness (QED) is 0.712. The van der Waals surface area contributed by atoms with Gasteiger partial charge in [0.25, 0.3) is 0 Å². The number of hydrogen-bond acceptors (Lipinski definition) is 3. The van der Waals surface area contributed by atoms with Crippen LogP contribution in [0.4, 0.5) is 13.2 Å². The lowest BCUT2D eigenvalue weighted by Crippen LogP contribution is -2.17. The molecule has 0 saturated heterocycles. The van der Waals surface area contributed by atoms with E-state index in [0.717, 1.165) is 23.4 Å². The van der Waals surface area contributed by atoms with Gasteiger partial charge in [-0.15, -0.1) is 24.5 Å². The fraction of sp³-hybridized carbons (Fsp3) is 0.438. The summed E-state index contributed by atoms with van der Waals surface area (Å²) in [6.45, 7) is 6.20. The van der Waals surface area contributed by atoms with Gasteiger partial charge in [-0.1, -0.05) is 32.4 Å². The Balaban J connectivity index is 2.35. The van der Waals surface area contributed by atoms with Gasteiger partial charge in [-0.2, -0.15) is 0 Å². The Kier molecular flexibility index (Phi) is 5.11. The number of hydrogen-bond donors (Lipinski definition) is 0. The van der Waals surface area contributed by atoms with Crippen LogP contribution in [-0.4, -0.2) is 11.3 Å². The van der Waals surface area contributed by atoms with Crippen LogP contribution >= 0.6 is 11.3 Å². The van der Waals surface area contributed by atoms with E-state index < -0.39 is 6.36 Å². The molecule has 22 heavy (non-hydrogen) atoms. The van der Waals surface area contributed by atoms with Crippen molar-refractivity contribution in [2.75, 3.05) is 0 Å². The molecule has 0 aliphatic heterocycles. The van der Waals surface area contributed by atoms with Crippen molar-refractivity contribution in [2.45, 2.75) is 40.0 Å². The van der Waals surface area contributed by atoms with E-state index in [-0.39, 0.29) is 5.75 Å². The molecular formula is C16H18F3NOS. The molecule has 1 atom stereocenters. The molecule has 1 heterocycles. The first-order chi connectivity index (χ1) is 10.3. The lowest BCUT2D eigenvalue weighted by molar-refractivity contribution is -0.274. The fourth-order valence-electron chi connectivity index (χ4n) is 2.06. The van der Waals surface area contributed by atoms with Crippen LogP contribution in [0.3, 0.4) is 0 Å². The monoisotopic (exact) mass is 329 g/mol. The van der Waals surface area contributed by atoms with Gasteiger partial charge in [-0.3, -0.25) is 0 Å². The molecule has 0 radical (unpaired) electrons. The van der Waals surface area contributed by atoms with Crippen LogP contribution < -0.4 is 4.74 Å². The molecule has 1 aromatic carbocycles. The van der Waals surface area contributed by atoms with E-state index >= 15 is 0 Å². The van der Waals surface area contributed by atoms with Crippen molar-refractivity contribution in [3.05, 3.63) is 34.8 Å². The number of benzene rings is 1. The zero-order valence-electron chi connectivity index (χ0n) is 12.7. The second-order valence-electron chi connectivity index (χ2n) is 5.28. The maximum Gasteiger partial charge on any atom is 0.573 e. The molecule has 0 spiro atoms. The molecule has 0 N–H and O–H groups in total. The van der Waals surface area contributed by atoms with Crippen molar-refractivity contribution in [2.24, 2.45) is 5.92 Å². The third-order valence-corrected chi connectivity index (χ3v) is 4.52. The first-order valence-corrected chi connectivity index (χ1v) is 7.93. The van der Waals surface area contributed by atoms with E-state index in [1.54, 1.807) is 12.1 Å². The van der Waals surface area contributed by atoms with Crippen LogP contribution in [0.2, 0.25) is 0 Å². The normalized spacial score (nSPS) is 13.2. The van der Waals surface area contributed by atoms with Gasteiger partial charge in [-0.25, -0.2) is 4.98 Å². The lowest BCUT2D eigenvalue weighted by atomic mass is 10.0. The van der Waals surface area contributed by atoms with E-state index in [1.165, 1.54) is 23.5 Å². The van der Waals surface area contributed by atoms with Gasteiger partial charge in [0.05, 0.1) is 11.3 Å². The van der Waals surface area contributed by atoms with E-state index in [2.05, 4.69) is 23.6 Å². The van der Waals surface area contributed by atoms with Crippen molar-refractivity contribution >= 4 is 11.3 Å². The zero-order valence-corrected chi connectivity index (χ0v) is 13.5. The second kappa shape index (κ2) is 6.69. The Bertz CT molecular complexity index is 637. The Morgan fingerprint density at radius 2 is 1.95 bits per heavy atom. The summed E-state index contributed by atoms with van der Waals surface area (Å²) < 4.78 is 41.6. The largest absolute Gasteiger partial charge is 0.573 e. The molecule has 0 amide bonds. The molecule has 2 aromatic rings. The molecular weight excluding hydrogens is 311 g/mol. The minimum absolute atomic E-state index is 0.209. The zero-order chi connectivity index (χ0) is 16.3. The molecule has 120 valence electrons. The molecule has 2 rings (SSSR count). The molecule has 6 heteroatoms. The van der Waals surface area contributed by atoms with Gasteiger partial charge in [0.15, 0.2) is 0 Å². The first kappa shape index (κ1) is 16.8. The number of halogens is 3. The van der Waals surface area contributed by atoms with E-state index in [0.29, 0.717) is 16.5 Å². The van der Waals surface area contributed by atoms with Crippen LogP contribution in [0, 0.1) is 12.8 Å². The molecule has 0 bridgehead atoms. The Morgan fingerprint density at radius 1 is 1.27 bits per heavy atom. The summed E-state index contributed by atoms with van der Waals surface area (Å²) >= 11 is 1.40. The van der Waals surface area contributed by atoms with Gasteiger partial charge < -0.3 is 4.74 Å². The second-order valence-corrected chi connectivity index (χ2v) is 6.49. The van der Waals surface area contributed by atoms with Crippen LogP contribution in [0.5, 0.6) is 5.75 Å². The minimum Gasteiger partial charge on any atom is -0.405 e. The fourth-order valence-corrected chi connectivity index (χ4v) is 3.04. The Morgan fingerprint density at radius 3 is 2.59 bits per heavy atom. The van der Waals surface area contributed by atoms with Crippen LogP contribution in [0.15, 0.2) is 24.3 Å². The molecule has 1 aromatic heterocycles. The van der Waals surface area contributed by atoms with E-state index in [9.17, 15) is 13.2 Å². The summed E-state index contributed by atoms with van der Waals surface area (Å²) in [5.74, 6) is 0.286. The minimum atomic E-state index is -4.71. The molecule has 0 saturated carbocycles. The number of rotatable bonds is 5. The van der Waals surface area contributed by atoms with Crippen LogP contribution in [0.1, 0.15) is 30.8 Å². The molecule has 0 fully saturated rings. The predicted octanol–water partition coefficient (Wildman–Crippen LogP) is 5.61. The Labute approximate surface area is 132 Å². The Hall–Kier alpha value is -1.56. The number of para-hydroxylation sites is 1. The highest BCUT2D eigenvalue weighted by atomic mass is 32.1. The van der Waals surface area contributed by atoms with E-state index in [1.807, 2.05) is 6.92 Å². The van der Waals surface area contributed by atoms with E-state index in [4.69, 9.17) is 0 Å². The summed E-state index contributed by atoms with van der Waals surface area (Å²) in [7, 11) is 0. The number of aromatic nitrogens is 1. The maximum atomic E-state index is 12.5. The van der Waals surface area contributed by atoms with Crippen molar-refractivity contribution in [3.8, 4) is 16.3 Å². The first-order valence-electron chi connectivity index (χ1n) is 7.11. The highest BCUT2D eigenvalue weighted by molar-refractivity contribution is 7.15. The number of ether oxygens (including phenoxy) is 1. The third-order valence-electron chi connectivity index (χ3n) is 3.47. The SMILES string of the molecule is CCC(C)Cc1nc(-c2ccccc2OC(F)(F)F)sc1C. The van der Waals surface area contributed by atoms with Crippen LogP contribution in [0.25, 0.3) is 10.6 Å². The lowest BCUT2D eigenvalue weighted by Gasteiger charge is -2.11. The maximum absolute atomic E-state index is 12.5. The molecule has 0 aliphatic rings. The van der Waals surface area contributed by atoms with Crippen molar-refractivity contribution < 1.29 is 17.9 Å². The molecule has 1 unspecified atom stereocenters. The van der Waals surface area contributed by atoms with Crippen molar-refractivity contribution in [3.63, 3.8) is 0 Å². The average molecular weight is 329 g/mol. The van der Waals surface area contributed by atoms with Gasteiger partial charge >= 0.3 is 6.36 Å². The van der Waals surface area contributed by atoms with Gasteiger partial charge in [-0.05, 0) is 31.4 Å². The number of thiazole rings is 1. The predicted molar refractivity (Wildman–Crippen MR) is 82.1 cm³/mol. The standard InChI is InChI=1S/C16H18F3NOS/c1-4-10(2)9-13-11(3)22-15(20-13)12-7-5-6-8-14(12)21-16(17,18)19/h5-8,10H,4,9H2,1-3H3. The summed E-state index contributed by atoms with van der Waals surface area (Å²) in [6.07, 6.45) is -2.83. The highest BCUT2D eigenvalue weighted by Gasteiger charge is 2.32. The number of aryl methyl sites for hydroxylation is 1. The van der Waals surface area contributed by atoms with Crippen molar-refractivity contribution in [1.82, 2.24) is 4.98 Å². The molecule has 2 nitrogen and oxygen atoms in total. The topological polar surface area (TPSA) is 22.1 Å². The summed E-state index contributed by atoms with van der Waals surface area (Å²) in [5, 5.41) is 0.565. The molecule has 0 aliphatic carbocycles.